The van der Waals surface area contributed by atoms with Crippen molar-refractivity contribution >= 4 is 61.0 Å². The molecule has 0 aliphatic carbocycles. The van der Waals surface area contributed by atoms with Gasteiger partial charge in [-0.3, -0.25) is 14.8 Å². The highest BCUT2D eigenvalue weighted by molar-refractivity contribution is 7.92. The Labute approximate surface area is 192 Å². The normalized spacial score (nSPS) is 11.3. The van der Waals surface area contributed by atoms with Crippen molar-refractivity contribution in [2.75, 3.05) is 10.0 Å². The van der Waals surface area contributed by atoms with E-state index >= 15 is 0 Å². The predicted octanol–water partition coefficient (Wildman–Crippen LogP) is 5.89. The summed E-state index contributed by atoms with van der Waals surface area (Å²) >= 11 is 8.69. The Hall–Kier alpha value is -2.72. The first kappa shape index (κ1) is 21.5. The lowest BCUT2D eigenvalue weighted by Crippen LogP contribution is -2.14. The molecule has 2 aromatic heterocycles. The zero-order valence-corrected chi connectivity index (χ0v) is 19.3. The molecule has 0 saturated carbocycles. The molecule has 2 heterocycles. The van der Waals surface area contributed by atoms with E-state index in [2.05, 4.69) is 15.0 Å². The number of rotatable bonds is 6. The summed E-state index contributed by atoms with van der Waals surface area (Å²) in [6.45, 7) is 1.89. The van der Waals surface area contributed by atoms with E-state index in [1.54, 1.807) is 54.6 Å². The van der Waals surface area contributed by atoms with Crippen LogP contribution in [-0.2, 0) is 10.0 Å². The molecule has 31 heavy (non-hydrogen) atoms. The summed E-state index contributed by atoms with van der Waals surface area (Å²) in [5.41, 5.74) is 2.47. The van der Waals surface area contributed by atoms with Crippen LogP contribution in [0, 0.1) is 6.92 Å². The quantitative estimate of drug-likeness (QED) is 0.353. The fourth-order valence-corrected chi connectivity index (χ4v) is 5.53. The molecule has 0 saturated heterocycles. The lowest BCUT2D eigenvalue weighted by atomic mass is 10.2. The SMILES string of the molecule is Cc1ccc(S(=O)(=O)Nc2ccc(C(=O)Nc3nc(-c4ccc(Cl)s4)cs3)cc2)cc1. The Morgan fingerprint density at radius 3 is 2.35 bits per heavy atom. The lowest BCUT2D eigenvalue weighted by molar-refractivity contribution is 0.102. The lowest BCUT2D eigenvalue weighted by Gasteiger charge is -2.09. The first-order valence-corrected chi connectivity index (χ1v) is 12.6. The van der Waals surface area contributed by atoms with Crippen molar-refractivity contribution < 1.29 is 13.2 Å². The van der Waals surface area contributed by atoms with E-state index in [9.17, 15) is 13.2 Å². The highest BCUT2D eigenvalue weighted by Crippen LogP contribution is 2.33. The van der Waals surface area contributed by atoms with Gasteiger partial charge in [-0.1, -0.05) is 29.3 Å². The van der Waals surface area contributed by atoms with Gasteiger partial charge in [0.2, 0.25) is 0 Å². The molecule has 0 aliphatic rings. The minimum atomic E-state index is -3.70. The molecule has 4 rings (SSSR count). The molecule has 0 radical (unpaired) electrons. The molecule has 0 aliphatic heterocycles. The topological polar surface area (TPSA) is 88.2 Å². The van der Waals surface area contributed by atoms with E-state index in [0.29, 0.717) is 20.7 Å². The maximum atomic E-state index is 12.5. The van der Waals surface area contributed by atoms with Crippen molar-refractivity contribution in [2.24, 2.45) is 0 Å². The average Bonchev–Trinajstić information content (AvgIpc) is 3.37. The number of hydrogen-bond acceptors (Lipinski definition) is 6. The maximum Gasteiger partial charge on any atom is 0.261 e. The number of thiophene rings is 1. The minimum Gasteiger partial charge on any atom is -0.298 e. The van der Waals surface area contributed by atoms with Gasteiger partial charge >= 0.3 is 0 Å². The molecule has 2 N–H and O–H groups in total. The van der Waals surface area contributed by atoms with Crippen molar-refractivity contribution in [3.05, 3.63) is 81.5 Å². The van der Waals surface area contributed by atoms with Crippen molar-refractivity contribution in [1.82, 2.24) is 4.98 Å². The molecule has 6 nitrogen and oxygen atoms in total. The van der Waals surface area contributed by atoms with Crippen LogP contribution in [0.25, 0.3) is 10.6 Å². The number of benzene rings is 2. The number of nitrogens with one attached hydrogen (secondary N) is 2. The van der Waals surface area contributed by atoms with Gasteiger partial charge in [-0.2, -0.15) is 0 Å². The Kier molecular flexibility index (Phi) is 6.10. The molecule has 10 heteroatoms. The Morgan fingerprint density at radius 2 is 1.71 bits per heavy atom. The summed E-state index contributed by atoms with van der Waals surface area (Å²) in [7, 11) is -3.70. The summed E-state index contributed by atoms with van der Waals surface area (Å²) < 4.78 is 28.2. The average molecular weight is 490 g/mol. The van der Waals surface area contributed by atoms with E-state index < -0.39 is 10.0 Å². The standard InChI is InChI=1S/C21H16ClN3O3S3/c1-13-2-8-16(9-3-13)31(27,28)25-15-6-4-14(5-7-15)20(26)24-21-23-17(12-29-21)18-10-11-19(22)30-18/h2-12,25H,1H3,(H,23,24,26). The number of aromatic nitrogens is 1. The van der Waals surface area contributed by atoms with Crippen molar-refractivity contribution in [1.29, 1.82) is 0 Å². The first-order valence-electron chi connectivity index (χ1n) is 9.02. The maximum absolute atomic E-state index is 12.5. The zero-order valence-electron chi connectivity index (χ0n) is 16.1. The molecule has 0 bridgehead atoms. The number of carbonyl (C=O) groups excluding carboxylic acids is 1. The monoisotopic (exact) mass is 489 g/mol. The number of amides is 1. The van der Waals surface area contributed by atoms with Crippen molar-refractivity contribution in [3.63, 3.8) is 0 Å². The molecule has 0 fully saturated rings. The van der Waals surface area contributed by atoms with Gasteiger partial charge in [0.15, 0.2) is 5.13 Å². The Balaban J connectivity index is 1.42. The number of thiazole rings is 1. The Morgan fingerprint density at radius 1 is 1.00 bits per heavy atom. The van der Waals surface area contributed by atoms with Gasteiger partial charge in [0.25, 0.3) is 15.9 Å². The van der Waals surface area contributed by atoms with Crippen molar-refractivity contribution in [3.8, 4) is 10.6 Å². The molecule has 0 atom stereocenters. The summed E-state index contributed by atoms with van der Waals surface area (Å²) in [6.07, 6.45) is 0. The molecule has 4 aromatic rings. The second kappa shape index (κ2) is 8.80. The minimum absolute atomic E-state index is 0.173. The van der Waals surface area contributed by atoms with Gasteiger partial charge in [0.05, 0.1) is 19.8 Å². The Bertz CT molecular complexity index is 1330. The van der Waals surface area contributed by atoms with Gasteiger partial charge < -0.3 is 0 Å². The van der Waals surface area contributed by atoms with E-state index in [0.717, 1.165) is 16.1 Å². The number of aryl methyl sites for hydroxylation is 1. The first-order chi connectivity index (χ1) is 14.8. The molecule has 158 valence electrons. The summed E-state index contributed by atoms with van der Waals surface area (Å²) in [5.74, 6) is -0.335. The smallest absolute Gasteiger partial charge is 0.261 e. The fourth-order valence-electron chi connectivity index (χ4n) is 2.69. The third kappa shape index (κ3) is 5.13. The van der Waals surface area contributed by atoms with Gasteiger partial charge in [0.1, 0.15) is 0 Å². The van der Waals surface area contributed by atoms with Crippen LogP contribution in [0.4, 0.5) is 10.8 Å². The molecule has 2 aromatic carbocycles. The van der Waals surface area contributed by atoms with Gasteiger partial charge in [-0.05, 0) is 55.5 Å². The summed E-state index contributed by atoms with van der Waals surface area (Å²) in [6, 6.07) is 16.4. The number of nitrogens with zero attached hydrogens (tertiary/aromatic N) is 1. The zero-order chi connectivity index (χ0) is 22.0. The van der Waals surface area contributed by atoms with Crippen LogP contribution >= 0.6 is 34.3 Å². The van der Waals surface area contributed by atoms with Crippen molar-refractivity contribution in [2.45, 2.75) is 11.8 Å². The van der Waals surface area contributed by atoms with Gasteiger partial charge in [-0.15, -0.1) is 22.7 Å². The van der Waals surface area contributed by atoms with Crippen LogP contribution in [0.5, 0.6) is 0 Å². The number of halogens is 1. The van der Waals surface area contributed by atoms with E-state index in [4.69, 9.17) is 11.6 Å². The third-order valence-electron chi connectivity index (χ3n) is 4.28. The van der Waals surface area contributed by atoms with E-state index in [1.807, 2.05) is 18.4 Å². The predicted molar refractivity (Wildman–Crippen MR) is 127 cm³/mol. The molecule has 0 spiro atoms. The van der Waals surface area contributed by atoms with Crippen LogP contribution < -0.4 is 10.0 Å². The van der Waals surface area contributed by atoms with Gasteiger partial charge in [0, 0.05) is 16.6 Å². The second-order valence-electron chi connectivity index (χ2n) is 6.59. The van der Waals surface area contributed by atoms with E-state index in [-0.39, 0.29) is 10.8 Å². The molecular weight excluding hydrogens is 474 g/mol. The van der Waals surface area contributed by atoms with Crippen LogP contribution in [0.15, 0.2) is 70.9 Å². The third-order valence-corrected chi connectivity index (χ3v) is 7.69. The largest absolute Gasteiger partial charge is 0.298 e. The highest BCUT2D eigenvalue weighted by atomic mass is 35.5. The second-order valence-corrected chi connectivity index (χ2v) is 10.8. The summed E-state index contributed by atoms with van der Waals surface area (Å²) in [5, 5.41) is 5.07. The molecule has 0 unspecified atom stereocenters. The summed E-state index contributed by atoms with van der Waals surface area (Å²) in [4.78, 5) is 18.0. The van der Waals surface area contributed by atoms with Crippen LogP contribution in [0.2, 0.25) is 4.34 Å². The van der Waals surface area contributed by atoms with E-state index in [1.165, 1.54) is 22.7 Å². The number of carbonyl (C=O) groups is 1. The van der Waals surface area contributed by atoms with Crippen LogP contribution in [0.3, 0.4) is 0 Å². The molecule has 1 amide bonds. The van der Waals surface area contributed by atoms with Gasteiger partial charge in [-0.25, -0.2) is 13.4 Å². The number of anilines is 2. The fraction of sp³-hybridized carbons (Fsp3) is 0.0476. The number of sulfonamides is 1. The molecular formula is C21H16ClN3O3S3. The van der Waals surface area contributed by atoms with Crippen LogP contribution in [-0.4, -0.2) is 19.3 Å². The number of hydrogen-bond donors (Lipinski definition) is 2. The van der Waals surface area contributed by atoms with Crippen LogP contribution in [0.1, 0.15) is 15.9 Å². The highest BCUT2D eigenvalue weighted by Gasteiger charge is 2.15.